The number of carbonyl (C=O) groups is 2. The molecule has 5 nitrogen and oxygen atoms in total. The summed E-state index contributed by atoms with van der Waals surface area (Å²) in [5.41, 5.74) is 5.78. The van der Waals surface area contributed by atoms with Crippen molar-refractivity contribution in [3.8, 4) is 0 Å². The molecule has 6 heteroatoms. The van der Waals surface area contributed by atoms with Crippen LogP contribution >= 0.6 is 12.4 Å². The summed E-state index contributed by atoms with van der Waals surface area (Å²) in [5, 5.41) is 0. The highest BCUT2D eigenvalue weighted by Gasteiger charge is 2.24. The first kappa shape index (κ1) is 18.6. The maximum Gasteiger partial charge on any atom is 0.325 e. The molecule has 0 saturated carbocycles. The van der Waals surface area contributed by atoms with Crippen LogP contribution in [0.15, 0.2) is 0 Å². The Bertz CT molecular complexity index is 249. The lowest BCUT2D eigenvalue weighted by Crippen LogP contribution is -2.47. The number of ether oxygens (including phenoxy) is 1. The van der Waals surface area contributed by atoms with Crippen molar-refractivity contribution in [3.05, 3.63) is 0 Å². The Balaban J connectivity index is 0. The number of hydrogen-bond donors (Lipinski definition) is 1. The van der Waals surface area contributed by atoms with Gasteiger partial charge in [-0.1, -0.05) is 20.3 Å². The zero-order chi connectivity index (χ0) is 12.7. The van der Waals surface area contributed by atoms with E-state index >= 15 is 0 Å². The zero-order valence-corrected chi connectivity index (χ0v) is 11.8. The number of likely N-dealkylation sites (N-methyl/N-ethyl adjacent to an activating group) is 1. The molecule has 0 radical (unpaired) electrons. The minimum Gasteiger partial charge on any atom is -0.465 e. The molecule has 17 heavy (non-hydrogen) atoms. The minimum atomic E-state index is -0.551. The lowest BCUT2D eigenvalue weighted by Gasteiger charge is -2.23. The number of hydrogen-bond acceptors (Lipinski definition) is 4. The van der Waals surface area contributed by atoms with E-state index in [1.54, 1.807) is 14.0 Å². The van der Waals surface area contributed by atoms with Crippen LogP contribution in [0.25, 0.3) is 0 Å². The number of esters is 1. The first-order valence-corrected chi connectivity index (χ1v) is 5.60. The highest BCUT2D eigenvalue weighted by molar-refractivity contribution is 5.85. The molecule has 0 saturated heterocycles. The second-order valence-electron chi connectivity index (χ2n) is 3.91. The van der Waals surface area contributed by atoms with E-state index in [-0.39, 0.29) is 30.8 Å². The number of rotatable bonds is 6. The molecule has 0 aromatic heterocycles. The Hall–Kier alpha value is -0.810. The molecule has 2 unspecified atom stereocenters. The Kier molecular flexibility index (Phi) is 10.1. The van der Waals surface area contributed by atoms with Crippen molar-refractivity contribution in [2.24, 2.45) is 11.7 Å². The molecule has 102 valence electrons. The summed E-state index contributed by atoms with van der Waals surface area (Å²) >= 11 is 0. The molecule has 0 spiro atoms. The van der Waals surface area contributed by atoms with E-state index < -0.39 is 12.0 Å². The third-order valence-corrected chi connectivity index (χ3v) is 2.59. The molecule has 0 aromatic rings. The van der Waals surface area contributed by atoms with Gasteiger partial charge in [0.15, 0.2) is 0 Å². The fraction of sp³-hybridized carbons (Fsp3) is 0.818. The summed E-state index contributed by atoms with van der Waals surface area (Å²) < 4.78 is 4.76. The van der Waals surface area contributed by atoms with E-state index in [0.717, 1.165) is 6.42 Å². The summed E-state index contributed by atoms with van der Waals surface area (Å²) in [6, 6.07) is -0.551. The normalized spacial score (nSPS) is 13.2. The van der Waals surface area contributed by atoms with Crippen molar-refractivity contribution in [3.63, 3.8) is 0 Å². The van der Waals surface area contributed by atoms with Gasteiger partial charge in [-0.05, 0) is 12.8 Å². The Morgan fingerprint density at radius 3 is 2.29 bits per heavy atom. The quantitative estimate of drug-likeness (QED) is 0.722. The van der Waals surface area contributed by atoms with Crippen LogP contribution in [-0.2, 0) is 14.3 Å². The molecule has 2 N–H and O–H groups in total. The molecule has 0 aromatic carbocycles. The van der Waals surface area contributed by atoms with Crippen LogP contribution < -0.4 is 5.73 Å². The van der Waals surface area contributed by atoms with Gasteiger partial charge in [-0.15, -0.1) is 12.4 Å². The second-order valence-corrected chi connectivity index (χ2v) is 3.91. The molecule has 0 bridgehead atoms. The summed E-state index contributed by atoms with van der Waals surface area (Å²) in [6.45, 7) is 5.89. The number of carbonyl (C=O) groups excluding carboxylic acids is 2. The topological polar surface area (TPSA) is 72.6 Å². The smallest absolute Gasteiger partial charge is 0.325 e. The van der Waals surface area contributed by atoms with Crippen molar-refractivity contribution < 1.29 is 14.3 Å². The summed E-state index contributed by atoms with van der Waals surface area (Å²) in [6.07, 6.45) is 0.833. The third kappa shape index (κ3) is 6.48. The largest absolute Gasteiger partial charge is 0.465 e. The Morgan fingerprint density at radius 1 is 1.35 bits per heavy atom. The van der Waals surface area contributed by atoms with Crippen molar-refractivity contribution in [2.45, 2.75) is 33.2 Å². The minimum absolute atomic E-state index is 0. The first-order valence-electron chi connectivity index (χ1n) is 5.60. The lowest BCUT2D eigenvalue weighted by molar-refractivity contribution is -0.148. The van der Waals surface area contributed by atoms with E-state index in [9.17, 15) is 9.59 Å². The molecule has 0 heterocycles. The number of halogens is 1. The van der Waals surface area contributed by atoms with Crippen LogP contribution in [0.4, 0.5) is 0 Å². The van der Waals surface area contributed by atoms with Gasteiger partial charge in [0.1, 0.15) is 6.54 Å². The molecule has 0 rings (SSSR count). The zero-order valence-electron chi connectivity index (χ0n) is 10.9. The van der Waals surface area contributed by atoms with Gasteiger partial charge in [0, 0.05) is 7.05 Å². The highest BCUT2D eigenvalue weighted by Crippen LogP contribution is 2.07. The van der Waals surface area contributed by atoms with Crippen LogP contribution in [0, 0.1) is 5.92 Å². The molecule has 0 aliphatic heterocycles. The van der Waals surface area contributed by atoms with E-state index in [1.807, 2.05) is 13.8 Å². The second kappa shape index (κ2) is 9.24. The van der Waals surface area contributed by atoms with Gasteiger partial charge in [0.2, 0.25) is 5.91 Å². The van der Waals surface area contributed by atoms with Crippen molar-refractivity contribution in [1.82, 2.24) is 4.90 Å². The Morgan fingerprint density at radius 2 is 1.88 bits per heavy atom. The fourth-order valence-corrected chi connectivity index (χ4v) is 1.23. The van der Waals surface area contributed by atoms with Crippen molar-refractivity contribution in [2.75, 3.05) is 20.2 Å². The maximum absolute atomic E-state index is 11.8. The lowest BCUT2D eigenvalue weighted by atomic mass is 9.99. The van der Waals surface area contributed by atoms with Gasteiger partial charge in [0.25, 0.3) is 0 Å². The molecule has 0 aliphatic rings. The standard InChI is InChI=1S/C11H22N2O3.ClH/c1-5-8(3)10(12)11(15)13(4)7-9(14)16-6-2;/h8,10H,5-7,12H2,1-4H3;1H. The molecule has 1 amide bonds. The highest BCUT2D eigenvalue weighted by atomic mass is 35.5. The van der Waals surface area contributed by atoms with Gasteiger partial charge in [-0.3, -0.25) is 9.59 Å². The van der Waals surface area contributed by atoms with Gasteiger partial charge in [-0.25, -0.2) is 0 Å². The average molecular weight is 267 g/mol. The van der Waals surface area contributed by atoms with Crippen LogP contribution in [0.1, 0.15) is 27.2 Å². The average Bonchev–Trinajstić information content (AvgIpc) is 2.26. The molecule has 2 atom stereocenters. The Labute approximate surface area is 109 Å². The summed E-state index contributed by atoms with van der Waals surface area (Å²) in [4.78, 5) is 24.3. The third-order valence-electron chi connectivity index (χ3n) is 2.59. The number of nitrogens with zero attached hydrogens (tertiary/aromatic N) is 1. The summed E-state index contributed by atoms with van der Waals surface area (Å²) in [7, 11) is 1.56. The number of amides is 1. The van der Waals surface area contributed by atoms with Gasteiger partial charge in [-0.2, -0.15) is 0 Å². The van der Waals surface area contributed by atoms with Crippen LogP contribution in [0.3, 0.4) is 0 Å². The van der Waals surface area contributed by atoms with E-state index in [0.29, 0.717) is 6.61 Å². The van der Waals surface area contributed by atoms with Gasteiger partial charge < -0.3 is 15.4 Å². The van der Waals surface area contributed by atoms with Crippen molar-refractivity contribution in [1.29, 1.82) is 0 Å². The van der Waals surface area contributed by atoms with E-state index in [2.05, 4.69) is 0 Å². The maximum atomic E-state index is 11.8. The fourth-order valence-electron chi connectivity index (χ4n) is 1.23. The van der Waals surface area contributed by atoms with Gasteiger partial charge in [0.05, 0.1) is 12.6 Å². The van der Waals surface area contributed by atoms with Crippen LogP contribution in [0.5, 0.6) is 0 Å². The number of nitrogens with two attached hydrogens (primary N) is 1. The predicted octanol–water partition coefficient (Wildman–Crippen LogP) is 0.803. The molecule has 0 fully saturated rings. The molecular formula is C11H23ClN2O3. The van der Waals surface area contributed by atoms with Crippen molar-refractivity contribution >= 4 is 24.3 Å². The van der Waals surface area contributed by atoms with Gasteiger partial charge >= 0.3 is 5.97 Å². The predicted molar refractivity (Wildman–Crippen MR) is 68.9 cm³/mol. The van der Waals surface area contributed by atoms with Crippen LogP contribution in [-0.4, -0.2) is 43.0 Å². The SMILES string of the molecule is CCOC(=O)CN(C)C(=O)C(N)C(C)CC.Cl. The van der Waals surface area contributed by atoms with E-state index in [4.69, 9.17) is 10.5 Å². The monoisotopic (exact) mass is 266 g/mol. The van der Waals surface area contributed by atoms with E-state index in [1.165, 1.54) is 4.90 Å². The summed E-state index contributed by atoms with van der Waals surface area (Å²) in [5.74, 6) is -0.519. The molecule has 0 aliphatic carbocycles. The molecular weight excluding hydrogens is 244 g/mol. The van der Waals surface area contributed by atoms with Crippen LogP contribution in [0.2, 0.25) is 0 Å². The first-order chi connectivity index (χ1) is 7.43.